The minimum absolute atomic E-state index is 0.0471. The van der Waals surface area contributed by atoms with Crippen molar-refractivity contribution in [1.29, 1.82) is 0 Å². The number of likely N-dealkylation sites (tertiary alicyclic amines) is 1. The molecule has 1 aliphatic rings. The maximum atomic E-state index is 11.5. The molecule has 1 aliphatic heterocycles. The highest BCUT2D eigenvalue weighted by molar-refractivity contribution is 5.89. The van der Waals surface area contributed by atoms with Crippen LogP contribution in [0.3, 0.4) is 0 Å². The number of amides is 2. The van der Waals surface area contributed by atoms with Gasteiger partial charge in [-0.25, -0.2) is 0 Å². The van der Waals surface area contributed by atoms with E-state index in [1.807, 2.05) is 13.8 Å². The second kappa shape index (κ2) is 4.83. The van der Waals surface area contributed by atoms with Crippen molar-refractivity contribution in [1.82, 2.24) is 10.2 Å². The molecule has 1 N–H and O–H groups in total. The number of nitrogens with zero attached hydrogens (tertiary/aromatic N) is 1. The Morgan fingerprint density at radius 3 is 2.87 bits per heavy atom. The Kier molecular flexibility index (Phi) is 3.73. The molecule has 4 heteroatoms. The summed E-state index contributed by atoms with van der Waals surface area (Å²) in [5.41, 5.74) is 0. The van der Waals surface area contributed by atoms with Crippen molar-refractivity contribution in [3.8, 4) is 12.3 Å². The second-order valence-corrected chi connectivity index (χ2v) is 3.96. The summed E-state index contributed by atoms with van der Waals surface area (Å²) in [6.07, 6.45) is 5.34. The van der Waals surface area contributed by atoms with Gasteiger partial charge in [-0.2, -0.15) is 0 Å². The standard InChI is InChI=1S/C11H16N2O2/c1-4-5-12-11(15)9-6-10(14)13(7-9)8(2)3/h1,8-9H,5-7H2,2-3H3,(H,12,15). The van der Waals surface area contributed by atoms with Crippen LogP contribution in [0.5, 0.6) is 0 Å². The van der Waals surface area contributed by atoms with Crippen molar-refractivity contribution in [2.75, 3.05) is 13.1 Å². The summed E-state index contributed by atoms with van der Waals surface area (Å²) in [5, 5.41) is 2.60. The highest BCUT2D eigenvalue weighted by Gasteiger charge is 2.35. The molecule has 0 saturated carbocycles. The molecule has 1 unspecified atom stereocenters. The summed E-state index contributed by atoms with van der Waals surface area (Å²) in [6, 6.07) is 0.155. The van der Waals surface area contributed by atoms with Crippen LogP contribution in [0.4, 0.5) is 0 Å². The molecule has 1 atom stereocenters. The summed E-state index contributed by atoms with van der Waals surface area (Å²) < 4.78 is 0. The fraction of sp³-hybridized carbons (Fsp3) is 0.636. The van der Waals surface area contributed by atoms with E-state index in [2.05, 4.69) is 11.2 Å². The molecule has 0 radical (unpaired) electrons. The monoisotopic (exact) mass is 208 g/mol. The number of rotatable bonds is 3. The van der Waals surface area contributed by atoms with Crippen LogP contribution in [-0.4, -0.2) is 35.8 Å². The quantitative estimate of drug-likeness (QED) is 0.663. The van der Waals surface area contributed by atoms with Crippen LogP contribution >= 0.6 is 0 Å². The lowest BCUT2D eigenvalue weighted by Crippen LogP contribution is -2.35. The van der Waals surface area contributed by atoms with Gasteiger partial charge in [-0.05, 0) is 13.8 Å². The molecule has 0 aromatic rings. The van der Waals surface area contributed by atoms with E-state index in [0.717, 1.165) is 0 Å². The summed E-state index contributed by atoms with van der Waals surface area (Å²) in [7, 11) is 0. The van der Waals surface area contributed by atoms with Gasteiger partial charge < -0.3 is 10.2 Å². The number of terminal acetylenes is 1. The van der Waals surface area contributed by atoms with Gasteiger partial charge in [0.2, 0.25) is 11.8 Å². The van der Waals surface area contributed by atoms with Gasteiger partial charge >= 0.3 is 0 Å². The smallest absolute Gasteiger partial charge is 0.226 e. The topological polar surface area (TPSA) is 49.4 Å². The molecule has 15 heavy (non-hydrogen) atoms. The lowest BCUT2D eigenvalue weighted by Gasteiger charge is -2.20. The van der Waals surface area contributed by atoms with Crippen LogP contribution in [0.2, 0.25) is 0 Å². The average Bonchev–Trinajstić information content (AvgIpc) is 2.56. The molecular weight excluding hydrogens is 192 g/mol. The summed E-state index contributed by atoms with van der Waals surface area (Å²) in [5.74, 6) is 2.02. The maximum absolute atomic E-state index is 11.5. The molecule has 1 saturated heterocycles. The summed E-state index contributed by atoms with van der Waals surface area (Å²) >= 11 is 0. The van der Waals surface area contributed by atoms with Crippen molar-refractivity contribution < 1.29 is 9.59 Å². The molecule has 1 fully saturated rings. The number of carbonyl (C=O) groups excluding carboxylic acids is 2. The van der Waals surface area contributed by atoms with Crippen LogP contribution in [0, 0.1) is 18.3 Å². The predicted molar refractivity (Wildman–Crippen MR) is 56.8 cm³/mol. The van der Waals surface area contributed by atoms with Crippen LogP contribution in [0.15, 0.2) is 0 Å². The average molecular weight is 208 g/mol. The van der Waals surface area contributed by atoms with Gasteiger partial charge in [-0.15, -0.1) is 6.42 Å². The van der Waals surface area contributed by atoms with Gasteiger partial charge in [0.15, 0.2) is 0 Å². The van der Waals surface area contributed by atoms with E-state index in [-0.39, 0.29) is 30.3 Å². The van der Waals surface area contributed by atoms with Crippen LogP contribution in [0.1, 0.15) is 20.3 Å². The largest absolute Gasteiger partial charge is 0.345 e. The first-order valence-corrected chi connectivity index (χ1v) is 5.07. The van der Waals surface area contributed by atoms with E-state index in [0.29, 0.717) is 13.0 Å². The molecular formula is C11H16N2O2. The van der Waals surface area contributed by atoms with E-state index < -0.39 is 0 Å². The lowest BCUT2D eigenvalue weighted by atomic mass is 10.1. The van der Waals surface area contributed by atoms with Crippen LogP contribution in [0.25, 0.3) is 0 Å². The third kappa shape index (κ3) is 2.72. The van der Waals surface area contributed by atoms with E-state index in [1.165, 1.54) is 0 Å². The molecule has 0 spiro atoms. The predicted octanol–water partition coefficient (Wildman–Crippen LogP) is -0.00730. The minimum atomic E-state index is -0.242. The first-order valence-electron chi connectivity index (χ1n) is 5.07. The van der Waals surface area contributed by atoms with Gasteiger partial charge in [0.1, 0.15) is 0 Å². The Labute approximate surface area is 90.0 Å². The fourth-order valence-corrected chi connectivity index (χ4v) is 1.69. The zero-order valence-corrected chi connectivity index (χ0v) is 9.12. The minimum Gasteiger partial charge on any atom is -0.345 e. The van der Waals surface area contributed by atoms with E-state index in [1.54, 1.807) is 4.90 Å². The third-order valence-corrected chi connectivity index (χ3v) is 2.52. The Balaban J connectivity index is 2.51. The van der Waals surface area contributed by atoms with Gasteiger partial charge in [-0.3, -0.25) is 9.59 Å². The van der Waals surface area contributed by atoms with Crippen molar-refractivity contribution in [3.63, 3.8) is 0 Å². The second-order valence-electron chi connectivity index (χ2n) is 3.96. The van der Waals surface area contributed by atoms with Gasteiger partial charge in [-0.1, -0.05) is 5.92 Å². The molecule has 4 nitrogen and oxygen atoms in total. The Morgan fingerprint density at radius 1 is 1.73 bits per heavy atom. The molecule has 0 aliphatic carbocycles. The molecule has 2 amide bonds. The summed E-state index contributed by atoms with van der Waals surface area (Å²) in [6.45, 7) is 4.62. The Bertz CT molecular complexity index is 304. The Hall–Kier alpha value is -1.50. The number of carbonyl (C=O) groups is 2. The van der Waals surface area contributed by atoms with Crippen LogP contribution < -0.4 is 5.32 Å². The normalized spacial score (nSPS) is 20.5. The van der Waals surface area contributed by atoms with E-state index >= 15 is 0 Å². The van der Waals surface area contributed by atoms with Gasteiger partial charge in [0.05, 0.1) is 12.5 Å². The van der Waals surface area contributed by atoms with E-state index in [9.17, 15) is 9.59 Å². The zero-order valence-electron chi connectivity index (χ0n) is 9.12. The highest BCUT2D eigenvalue weighted by Crippen LogP contribution is 2.19. The number of nitrogens with one attached hydrogen (secondary N) is 1. The fourth-order valence-electron chi connectivity index (χ4n) is 1.69. The molecule has 0 bridgehead atoms. The number of hydrogen-bond donors (Lipinski definition) is 1. The summed E-state index contributed by atoms with van der Waals surface area (Å²) in [4.78, 5) is 24.8. The highest BCUT2D eigenvalue weighted by atomic mass is 16.2. The molecule has 82 valence electrons. The van der Waals surface area contributed by atoms with Crippen molar-refractivity contribution >= 4 is 11.8 Å². The van der Waals surface area contributed by atoms with E-state index in [4.69, 9.17) is 6.42 Å². The van der Waals surface area contributed by atoms with Crippen molar-refractivity contribution in [2.24, 2.45) is 5.92 Å². The van der Waals surface area contributed by atoms with Crippen molar-refractivity contribution in [3.05, 3.63) is 0 Å². The number of hydrogen-bond acceptors (Lipinski definition) is 2. The van der Waals surface area contributed by atoms with Crippen LogP contribution in [-0.2, 0) is 9.59 Å². The third-order valence-electron chi connectivity index (χ3n) is 2.52. The van der Waals surface area contributed by atoms with Gasteiger partial charge in [0, 0.05) is 19.0 Å². The first kappa shape index (κ1) is 11.6. The Morgan fingerprint density at radius 2 is 2.40 bits per heavy atom. The zero-order chi connectivity index (χ0) is 11.4. The SMILES string of the molecule is C#CCNC(=O)C1CC(=O)N(C(C)C)C1. The first-order chi connectivity index (χ1) is 7.06. The molecule has 1 heterocycles. The van der Waals surface area contributed by atoms with Crippen molar-refractivity contribution in [2.45, 2.75) is 26.3 Å². The molecule has 0 aromatic heterocycles. The molecule has 0 aromatic carbocycles. The van der Waals surface area contributed by atoms with Gasteiger partial charge in [0.25, 0.3) is 0 Å². The molecule has 1 rings (SSSR count). The maximum Gasteiger partial charge on any atom is 0.226 e. The lowest BCUT2D eigenvalue weighted by molar-refractivity contribution is -0.129.